The molecule has 1 aliphatic heterocycles. The highest BCUT2D eigenvalue weighted by atomic mass is 32.2. The van der Waals surface area contributed by atoms with E-state index in [-0.39, 0.29) is 4.90 Å². The van der Waals surface area contributed by atoms with Crippen molar-refractivity contribution < 1.29 is 22.8 Å². The third kappa shape index (κ3) is 4.06. The van der Waals surface area contributed by atoms with E-state index in [1.807, 2.05) is 26.0 Å². The number of rotatable bonds is 5. The smallest absolute Gasteiger partial charge is 0.325 e. The summed E-state index contributed by atoms with van der Waals surface area (Å²) in [6.07, 6.45) is 1.09. The molecule has 1 aliphatic rings. The van der Waals surface area contributed by atoms with Gasteiger partial charge in [0.05, 0.1) is 4.90 Å². The van der Waals surface area contributed by atoms with Gasteiger partial charge in [-0.3, -0.25) is 14.5 Å². The van der Waals surface area contributed by atoms with E-state index < -0.39 is 39.8 Å². The molecule has 0 aliphatic carbocycles. The van der Waals surface area contributed by atoms with Gasteiger partial charge in [0.2, 0.25) is 5.91 Å². The van der Waals surface area contributed by atoms with Crippen molar-refractivity contribution in [2.75, 3.05) is 18.1 Å². The lowest BCUT2D eigenvalue weighted by Crippen LogP contribution is -2.42. The average Bonchev–Trinajstić information content (AvgIpc) is 2.88. The molecule has 1 unspecified atom stereocenters. The maximum Gasteiger partial charge on any atom is 0.325 e. The molecule has 0 aromatic heterocycles. The number of sulfone groups is 1. The monoisotopic (exact) mass is 429 g/mol. The van der Waals surface area contributed by atoms with Gasteiger partial charge in [0.25, 0.3) is 5.91 Å². The number of benzene rings is 2. The summed E-state index contributed by atoms with van der Waals surface area (Å²) in [5, 5.41) is 5.29. The molecule has 4 amide bonds. The number of urea groups is 1. The van der Waals surface area contributed by atoms with E-state index in [1.54, 1.807) is 6.07 Å². The third-order valence-corrected chi connectivity index (χ3v) is 6.36. The van der Waals surface area contributed by atoms with Gasteiger partial charge < -0.3 is 10.6 Å². The molecule has 0 bridgehead atoms. The van der Waals surface area contributed by atoms with Gasteiger partial charge in [-0.1, -0.05) is 18.2 Å². The molecule has 2 aromatic carbocycles. The van der Waals surface area contributed by atoms with E-state index in [1.165, 1.54) is 31.2 Å². The van der Waals surface area contributed by atoms with Gasteiger partial charge in [0, 0.05) is 11.9 Å². The van der Waals surface area contributed by atoms with Crippen molar-refractivity contribution >= 4 is 33.4 Å². The van der Waals surface area contributed by atoms with Gasteiger partial charge in [-0.2, -0.15) is 0 Å². The summed E-state index contributed by atoms with van der Waals surface area (Å²) < 4.78 is 23.3. The van der Waals surface area contributed by atoms with E-state index in [0.29, 0.717) is 11.3 Å². The second kappa shape index (κ2) is 7.56. The summed E-state index contributed by atoms with van der Waals surface area (Å²) in [6, 6.07) is 10.5. The Morgan fingerprint density at radius 3 is 2.27 bits per heavy atom. The number of hydrogen-bond donors (Lipinski definition) is 2. The predicted molar refractivity (Wildman–Crippen MR) is 112 cm³/mol. The minimum absolute atomic E-state index is 0.108. The van der Waals surface area contributed by atoms with Crippen molar-refractivity contribution in [2.24, 2.45) is 0 Å². The molecule has 0 spiro atoms. The maximum atomic E-state index is 13.0. The Hall–Kier alpha value is -3.20. The zero-order chi connectivity index (χ0) is 22.3. The van der Waals surface area contributed by atoms with Crippen LogP contribution in [0.2, 0.25) is 0 Å². The van der Waals surface area contributed by atoms with E-state index in [9.17, 15) is 22.8 Å². The first-order valence-electron chi connectivity index (χ1n) is 9.23. The number of carbonyl (C=O) groups excluding carboxylic acids is 3. The highest BCUT2D eigenvalue weighted by Gasteiger charge is 2.49. The van der Waals surface area contributed by atoms with Crippen LogP contribution in [-0.2, 0) is 25.0 Å². The number of nitrogens with one attached hydrogen (secondary N) is 2. The van der Waals surface area contributed by atoms with Crippen LogP contribution in [0.4, 0.5) is 10.5 Å². The Kier molecular flexibility index (Phi) is 5.42. The number of anilines is 1. The fourth-order valence-electron chi connectivity index (χ4n) is 3.23. The van der Waals surface area contributed by atoms with Gasteiger partial charge in [-0.25, -0.2) is 13.2 Å². The lowest BCUT2D eigenvalue weighted by Gasteiger charge is -2.22. The number of nitrogens with zero attached hydrogens (tertiary/aromatic N) is 1. The van der Waals surface area contributed by atoms with E-state index in [0.717, 1.165) is 22.3 Å². The lowest BCUT2D eigenvalue weighted by atomic mass is 9.92. The predicted octanol–water partition coefficient (Wildman–Crippen LogP) is 2.11. The summed E-state index contributed by atoms with van der Waals surface area (Å²) in [7, 11) is -3.39. The van der Waals surface area contributed by atoms with Gasteiger partial charge in [-0.15, -0.1) is 0 Å². The van der Waals surface area contributed by atoms with Crippen molar-refractivity contribution in [3.8, 4) is 0 Å². The standard InChI is InChI=1S/C21H23N3O5S/c1-13-5-8-16(11-14(13)2)22-18(25)12-24-19(26)21(3,23-20(24)27)15-6-9-17(10-7-15)30(4,28)29/h5-11H,12H2,1-4H3,(H,22,25)(H,23,27). The molecule has 2 N–H and O–H groups in total. The molecule has 3 rings (SSSR count). The molecule has 30 heavy (non-hydrogen) atoms. The highest BCUT2D eigenvalue weighted by molar-refractivity contribution is 7.90. The molecule has 1 fully saturated rings. The summed E-state index contributed by atoms with van der Waals surface area (Å²) >= 11 is 0. The van der Waals surface area contributed by atoms with Gasteiger partial charge in [-0.05, 0) is 61.7 Å². The molecule has 8 nitrogen and oxygen atoms in total. The average molecular weight is 429 g/mol. The molecular weight excluding hydrogens is 406 g/mol. The molecule has 1 atom stereocenters. The molecule has 2 aromatic rings. The normalized spacial score (nSPS) is 19.0. The Morgan fingerprint density at radius 2 is 1.70 bits per heavy atom. The Balaban J connectivity index is 1.76. The van der Waals surface area contributed by atoms with Gasteiger partial charge in [0.15, 0.2) is 9.84 Å². The number of amides is 4. The van der Waals surface area contributed by atoms with Crippen molar-refractivity contribution in [2.45, 2.75) is 31.2 Å². The van der Waals surface area contributed by atoms with Gasteiger partial charge in [0.1, 0.15) is 12.1 Å². The van der Waals surface area contributed by atoms with E-state index >= 15 is 0 Å². The first-order chi connectivity index (χ1) is 13.9. The van der Waals surface area contributed by atoms with Crippen LogP contribution in [0.1, 0.15) is 23.6 Å². The minimum atomic E-state index is -3.39. The second-order valence-electron chi connectivity index (χ2n) is 7.59. The number of aryl methyl sites for hydroxylation is 2. The van der Waals surface area contributed by atoms with E-state index in [4.69, 9.17) is 0 Å². The second-order valence-corrected chi connectivity index (χ2v) is 9.61. The first-order valence-corrected chi connectivity index (χ1v) is 11.1. The van der Waals surface area contributed by atoms with Crippen LogP contribution in [0.5, 0.6) is 0 Å². The first kappa shape index (κ1) is 21.5. The zero-order valence-corrected chi connectivity index (χ0v) is 18.0. The topological polar surface area (TPSA) is 113 Å². The van der Waals surface area contributed by atoms with Crippen molar-refractivity contribution in [3.05, 3.63) is 59.2 Å². The van der Waals surface area contributed by atoms with Crippen LogP contribution in [0.15, 0.2) is 47.4 Å². The Bertz CT molecular complexity index is 1140. The largest absolute Gasteiger partial charge is 0.325 e. The van der Waals surface area contributed by atoms with Crippen LogP contribution in [-0.4, -0.2) is 44.0 Å². The van der Waals surface area contributed by atoms with Crippen LogP contribution in [0, 0.1) is 13.8 Å². The molecule has 1 heterocycles. The molecule has 0 saturated carbocycles. The van der Waals surface area contributed by atoms with Crippen LogP contribution in [0.3, 0.4) is 0 Å². The Morgan fingerprint density at radius 1 is 1.07 bits per heavy atom. The van der Waals surface area contributed by atoms with Crippen LogP contribution < -0.4 is 10.6 Å². The summed E-state index contributed by atoms with van der Waals surface area (Å²) in [4.78, 5) is 38.7. The summed E-state index contributed by atoms with van der Waals surface area (Å²) in [6.45, 7) is 4.96. The van der Waals surface area contributed by atoms with Crippen molar-refractivity contribution in [1.82, 2.24) is 10.2 Å². The summed E-state index contributed by atoms with van der Waals surface area (Å²) in [5.74, 6) is -1.09. The SMILES string of the molecule is Cc1ccc(NC(=O)CN2C(=O)NC(C)(c3ccc(S(C)(=O)=O)cc3)C2=O)cc1C. The van der Waals surface area contributed by atoms with Crippen molar-refractivity contribution in [3.63, 3.8) is 0 Å². The number of imide groups is 1. The molecular formula is C21H23N3O5S. The Labute approximate surface area is 175 Å². The fraction of sp³-hybridized carbons (Fsp3) is 0.286. The molecule has 0 radical (unpaired) electrons. The van der Waals surface area contributed by atoms with Crippen LogP contribution >= 0.6 is 0 Å². The molecule has 158 valence electrons. The van der Waals surface area contributed by atoms with E-state index in [2.05, 4.69) is 10.6 Å². The summed E-state index contributed by atoms with van der Waals surface area (Å²) in [5.41, 5.74) is 1.70. The van der Waals surface area contributed by atoms with Crippen LogP contribution in [0.25, 0.3) is 0 Å². The molecule has 9 heteroatoms. The lowest BCUT2D eigenvalue weighted by molar-refractivity contribution is -0.133. The number of carbonyl (C=O) groups is 3. The fourth-order valence-corrected chi connectivity index (χ4v) is 3.87. The molecule has 1 saturated heterocycles. The quantitative estimate of drug-likeness (QED) is 0.707. The number of hydrogen-bond acceptors (Lipinski definition) is 5. The minimum Gasteiger partial charge on any atom is -0.325 e. The zero-order valence-electron chi connectivity index (χ0n) is 17.1. The maximum absolute atomic E-state index is 13.0. The highest BCUT2D eigenvalue weighted by Crippen LogP contribution is 2.29. The van der Waals surface area contributed by atoms with Gasteiger partial charge >= 0.3 is 6.03 Å². The third-order valence-electron chi connectivity index (χ3n) is 5.23. The van der Waals surface area contributed by atoms with Crippen molar-refractivity contribution in [1.29, 1.82) is 0 Å².